The van der Waals surface area contributed by atoms with E-state index in [0.717, 1.165) is 18.5 Å². The van der Waals surface area contributed by atoms with Crippen molar-refractivity contribution in [2.24, 2.45) is 0 Å². The number of nitrogens with one attached hydrogen (secondary N) is 1. The van der Waals surface area contributed by atoms with E-state index in [1.54, 1.807) is 12.2 Å². The maximum Gasteiger partial charge on any atom is 0.246 e. The summed E-state index contributed by atoms with van der Waals surface area (Å²) in [5, 5.41) is 2.84. The molecule has 3 heteroatoms. The summed E-state index contributed by atoms with van der Waals surface area (Å²) in [6, 6.07) is 0. The van der Waals surface area contributed by atoms with E-state index >= 15 is 0 Å². The third-order valence-electron chi connectivity index (χ3n) is 2.45. The largest absolute Gasteiger partial charge is 0.367 e. The predicted octanol–water partition coefficient (Wildman–Crippen LogP) is 3.00. The fraction of sp³-hybridized carbons (Fsp3) is 0.533. The monoisotopic (exact) mass is 251 g/mol. The van der Waals surface area contributed by atoms with Crippen LogP contribution in [-0.4, -0.2) is 25.7 Å². The van der Waals surface area contributed by atoms with Crippen molar-refractivity contribution < 1.29 is 9.53 Å². The van der Waals surface area contributed by atoms with E-state index in [-0.39, 0.29) is 12.5 Å². The van der Waals surface area contributed by atoms with Gasteiger partial charge in [-0.05, 0) is 12.0 Å². The Morgan fingerprint density at radius 2 is 2.00 bits per heavy atom. The van der Waals surface area contributed by atoms with Gasteiger partial charge in [-0.2, -0.15) is 0 Å². The summed E-state index contributed by atoms with van der Waals surface area (Å²) in [6.45, 7) is 10.6. The van der Waals surface area contributed by atoms with Crippen molar-refractivity contribution in [1.82, 2.24) is 5.32 Å². The van der Waals surface area contributed by atoms with Gasteiger partial charge in [-0.1, -0.05) is 57.6 Å². The molecule has 0 saturated carbocycles. The van der Waals surface area contributed by atoms with Gasteiger partial charge in [-0.25, -0.2) is 0 Å². The average Bonchev–Trinajstić information content (AvgIpc) is 2.37. The molecule has 0 aliphatic heterocycles. The van der Waals surface area contributed by atoms with Gasteiger partial charge in [0.1, 0.15) is 6.61 Å². The highest BCUT2D eigenvalue weighted by Crippen LogP contribution is 1.98. The fourth-order valence-electron chi connectivity index (χ4n) is 1.42. The number of carbonyl (C=O) groups is 1. The van der Waals surface area contributed by atoms with Crippen LogP contribution in [0, 0.1) is 0 Å². The minimum absolute atomic E-state index is 0.0616. The van der Waals surface area contributed by atoms with E-state index in [0.29, 0.717) is 6.61 Å². The number of hydrogen-bond donors (Lipinski definition) is 1. The normalized spacial score (nSPS) is 11.1. The Balaban J connectivity index is 3.55. The molecule has 0 bridgehead atoms. The van der Waals surface area contributed by atoms with E-state index in [4.69, 9.17) is 4.74 Å². The van der Waals surface area contributed by atoms with Gasteiger partial charge in [0.25, 0.3) is 0 Å². The van der Waals surface area contributed by atoms with E-state index < -0.39 is 0 Å². The van der Waals surface area contributed by atoms with Crippen LogP contribution in [0.2, 0.25) is 0 Å². The lowest BCUT2D eigenvalue weighted by Crippen LogP contribution is -2.28. The Hall–Kier alpha value is -1.35. The molecule has 0 unspecified atom stereocenters. The minimum Gasteiger partial charge on any atom is -0.367 e. The summed E-state index contributed by atoms with van der Waals surface area (Å²) < 4.78 is 5.28. The first-order valence-corrected chi connectivity index (χ1v) is 6.53. The first-order chi connectivity index (χ1) is 8.74. The van der Waals surface area contributed by atoms with Crippen LogP contribution in [0.15, 0.2) is 37.0 Å². The number of hydrogen-bond acceptors (Lipinski definition) is 2. The van der Waals surface area contributed by atoms with Crippen molar-refractivity contribution in [3.8, 4) is 0 Å². The lowest BCUT2D eigenvalue weighted by atomic mass is 10.2. The maximum atomic E-state index is 11.4. The molecule has 0 radical (unpaired) electrons. The van der Waals surface area contributed by atoms with Gasteiger partial charge in [-0.3, -0.25) is 4.79 Å². The first-order valence-electron chi connectivity index (χ1n) is 6.53. The Labute approximate surface area is 111 Å². The van der Waals surface area contributed by atoms with Gasteiger partial charge in [0.05, 0.1) is 6.61 Å². The van der Waals surface area contributed by atoms with Crippen LogP contribution in [-0.2, 0) is 9.53 Å². The van der Waals surface area contributed by atoms with Crippen molar-refractivity contribution in [3.63, 3.8) is 0 Å². The van der Waals surface area contributed by atoms with E-state index in [1.165, 1.54) is 19.3 Å². The third-order valence-corrected chi connectivity index (χ3v) is 2.45. The molecule has 0 aromatic rings. The number of carbonyl (C=O) groups excluding carboxylic acids is 1. The molecular formula is C15H25NO2. The summed E-state index contributed by atoms with van der Waals surface area (Å²) >= 11 is 0. The quantitative estimate of drug-likeness (QED) is 0.453. The Kier molecular flexibility index (Phi) is 11.2. The topological polar surface area (TPSA) is 38.3 Å². The summed E-state index contributed by atoms with van der Waals surface area (Å²) in [5.41, 5.74) is 0.917. The van der Waals surface area contributed by atoms with Gasteiger partial charge in [0.2, 0.25) is 5.91 Å². The van der Waals surface area contributed by atoms with Crippen LogP contribution < -0.4 is 5.32 Å². The summed E-state index contributed by atoms with van der Waals surface area (Å²) in [4.78, 5) is 11.4. The molecule has 0 atom stereocenters. The van der Waals surface area contributed by atoms with Gasteiger partial charge in [0.15, 0.2) is 0 Å². The highest BCUT2D eigenvalue weighted by atomic mass is 16.5. The molecule has 0 heterocycles. The second-order valence-corrected chi connectivity index (χ2v) is 4.08. The van der Waals surface area contributed by atoms with Crippen LogP contribution in [0.5, 0.6) is 0 Å². The molecule has 1 N–H and O–H groups in total. The second-order valence-electron chi connectivity index (χ2n) is 4.08. The van der Waals surface area contributed by atoms with Crippen LogP contribution in [0.25, 0.3) is 0 Å². The SMILES string of the molecule is C=C/C=C(\C=C)COCC(=O)NCCCCCC. The van der Waals surface area contributed by atoms with Crippen LogP contribution in [0.4, 0.5) is 0 Å². The average molecular weight is 251 g/mol. The van der Waals surface area contributed by atoms with Crippen LogP contribution in [0.1, 0.15) is 32.6 Å². The van der Waals surface area contributed by atoms with Crippen LogP contribution >= 0.6 is 0 Å². The Morgan fingerprint density at radius 1 is 1.22 bits per heavy atom. The van der Waals surface area contributed by atoms with Crippen molar-refractivity contribution in [1.29, 1.82) is 0 Å². The molecule has 0 fully saturated rings. The Morgan fingerprint density at radius 3 is 2.61 bits per heavy atom. The third kappa shape index (κ3) is 9.85. The van der Waals surface area contributed by atoms with Crippen molar-refractivity contribution in [2.75, 3.05) is 19.8 Å². The van der Waals surface area contributed by atoms with E-state index in [2.05, 4.69) is 25.4 Å². The molecule has 0 saturated heterocycles. The summed E-state index contributed by atoms with van der Waals surface area (Å²) in [7, 11) is 0. The molecule has 0 aromatic heterocycles. The molecule has 0 rings (SSSR count). The molecule has 0 aromatic carbocycles. The molecule has 0 spiro atoms. The summed E-state index contributed by atoms with van der Waals surface area (Å²) in [5.74, 6) is -0.0616. The highest BCUT2D eigenvalue weighted by molar-refractivity contribution is 5.77. The number of rotatable bonds is 11. The number of amides is 1. The van der Waals surface area contributed by atoms with Gasteiger partial charge < -0.3 is 10.1 Å². The smallest absolute Gasteiger partial charge is 0.246 e. The molecule has 18 heavy (non-hydrogen) atoms. The zero-order chi connectivity index (χ0) is 13.6. The van der Waals surface area contributed by atoms with Crippen molar-refractivity contribution >= 4 is 5.91 Å². The Bertz CT molecular complexity index is 282. The predicted molar refractivity (Wildman–Crippen MR) is 76.4 cm³/mol. The van der Waals surface area contributed by atoms with Crippen molar-refractivity contribution in [2.45, 2.75) is 32.6 Å². The van der Waals surface area contributed by atoms with Crippen molar-refractivity contribution in [3.05, 3.63) is 37.0 Å². The molecule has 102 valence electrons. The zero-order valence-corrected chi connectivity index (χ0v) is 11.4. The summed E-state index contributed by atoms with van der Waals surface area (Å²) in [6.07, 6.45) is 9.82. The lowest BCUT2D eigenvalue weighted by Gasteiger charge is -2.06. The molecule has 1 amide bonds. The van der Waals surface area contributed by atoms with Crippen LogP contribution in [0.3, 0.4) is 0 Å². The molecule has 3 nitrogen and oxygen atoms in total. The van der Waals surface area contributed by atoms with Gasteiger partial charge >= 0.3 is 0 Å². The zero-order valence-electron chi connectivity index (χ0n) is 11.4. The lowest BCUT2D eigenvalue weighted by molar-refractivity contribution is -0.125. The highest BCUT2D eigenvalue weighted by Gasteiger charge is 2.00. The molecule has 0 aliphatic carbocycles. The number of allylic oxidation sites excluding steroid dienone is 2. The van der Waals surface area contributed by atoms with Gasteiger partial charge in [0, 0.05) is 6.54 Å². The molecular weight excluding hydrogens is 226 g/mol. The standard InChI is InChI=1S/C15H25NO2/c1-4-7-8-9-11-16-15(17)13-18-12-14(6-3)10-5-2/h5-6,10H,2-4,7-9,11-13H2,1H3,(H,16,17)/b14-10+. The van der Waals surface area contributed by atoms with E-state index in [1.807, 2.05) is 6.08 Å². The first kappa shape index (κ1) is 16.6. The fourth-order valence-corrected chi connectivity index (χ4v) is 1.42. The minimum atomic E-state index is -0.0616. The van der Waals surface area contributed by atoms with Gasteiger partial charge in [-0.15, -0.1) is 0 Å². The number of unbranched alkanes of at least 4 members (excludes halogenated alkanes) is 3. The van der Waals surface area contributed by atoms with E-state index in [9.17, 15) is 4.79 Å². The second kappa shape index (κ2) is 12.1. The maximum absolute atomic E-state index is 11.4. The number of ether oxygens (including phenoxy) is 1. The molecule has 0 aliphatic rings.